The maximum atomic E-state index is 12.6. The third-order valence-electron chi connectivity index (χ3n) is 6.11. The molecule has 0 spiro atoms. The molecule has 0 aliphatic heterocycles. The minimum absolute atomic E-state index is 0.0817. The Labute approximate surface area is 185 Å². The van der Waals surface area contributed by atoms with Gasteiger partial charge in [-0.15, -0.1) is 0 Å². The number of benzene rings is 2. The molecule has 2 aromatic carbocycles. The van der Waals surface area contributed by atoms with E-state index in [-0.39, 0.29) is 25.6 Å². The van der Waals surface area contributed by atoms with Crippen LogP contribution in [0.3, 0.4) is 0 Å². The van der Waals surface area contributed by atoms with Crippen molar-refractivity contribution in [3.63, 3.8) is 0 Å². The molecule has 9 nitrogen and oxygen atoms in total. The van der Waals surface area contributed by atoms with Crippen LogP contribution in [0, 0.1) is 5.92 Å². The lowest BCUT2D eigenvalue weighted by molar-refractivity contribution is -0.148. The highest BCUT2D eigenvalue weighted by atomic mass is 16.6. The van der Waals surface area contributed by atoms with Gasteiger partial charge in [0.2, 0.25) is 0 Å². The number of ether oxygens (including phenoxy) is 2. The van der Waals surface area contributed by atoms with Crippen LogP contribution in [0.4, 0.5) is 4.79 Å². The summed E-state index contributed by atoms with van der Waals surface area (Å²) in [5.74, 6) is -1.51. The number of alkyl carbamates (subject to hydrolysis) is 1. The SMILES string of the molecule is CCOC(=O)[C@@H]1C[C@@H](N=[N+]=[N-])[C@H](O)[C@@H]1NC(=O)OCC1c2ccccc2-c2ccccc21. The minimum Gasteiger partial charge on any atom is -0.466 e. The Hall–Kier alpha value is -3.55. The van der Waals surface area contributed by atoms with Crippen LogP contribution in [0.5, 0.6) is 0 Å². The predicted octanol–water partition coefficient (Wildman–Crippen LogP) is 3.52. The molecule has 2 aliphatic carbocycles. The van der Waals surface area contributed by atoms with Gasteiger partial charge >= 0.3 is 12.1 Å². The van der Waals surface area contributed by atoms with E-state index < -0.39 is 36.2 Å². The Morgan fingerprint density at radius 2 is 1.75 bits per heavy atom. The molecule has 1 fully saturated rings. The Kier molecular flexibility index (Phi) is 6.30. The molecule has 1 amide bonds. The van der Waals surface area contributed by atoms with E-state index in [0.29, 0.717) is 0 Å². The van der Waals surface area contributed by atoms with Crippen molar-refractivity contribution in [2.75, 3.05) is 13.2 Å². The van der Waals surface area contributed by atoms with E-state index in [2.05, 4.69) is 15.3 Å². The van der Waals surface area contributed by atoms with Crippen molar-refractivity contribution < 1.29 is 24.2 Å². The average Bonchev–Trinajstić information content (AvgIpc) is 3.28. The van der Waals surface area contributed by atoms with Crippen LogP contribution >= 0.6 is 0 Å². The van der Waals surface area contributed by atoms with Crippen LogP contribution in [-0.4, -0.2) is 48.6 Å². The molecule has 2 aromatic rings. The van der Waals surface area contributed by atoms with E-state index in [1.807, 2.05) is 48.5 Å². The summed E-state index contributed by atoms with van der Waals surface area (Å²) in [4.78, 5) is 27.7. The van der Waals surface area contributed by atoms with E-state index in [9.17, 15) is 14.7 Å². The number of carbonyl (C=O) groups is 2. The smallest absolute Gasteiger partial charge is 0.407 e. The van der Waals surface area contributed by atoms with Gasteiger partial charge in [0.1, 0.15) is 6.61 Å². The summed E-state index contributed by atoms with van der Waals surface area (Å²) in [6, 6.07) is 14.2. The Bertz CT molecular complexity index is 1020. The van der Waals surface area contributed by atoms with E-state index >= 15 is 0 Å². The van der Waals surface area contributed by atoms with Crippen LogP contribution in [0.1, 0.15) is 30.4 Å². The first-order valence-electron chi connectivity index (χ1n) is 10.6. The van der Waals surface area contributed by atoms with Crippen LogP contribution < -0.4 is 5.32 Å². The van der Waals surface area contributed by atoms with Gasteiger partial charge in [-0.3, -0.25) is 4.79 Å². The number of amides is 1. The van der Waals surface area contributed by atoms with Gasteiger partial charge in [0.15, 0.2) is 0 Å². The van der Waals surface area contributed by atoms with Crippen molar-refractivity contribution in [3.8, 4) is 11.1 Å². The highest BCUT2D eigenvalue weighted by Crippen LogP contribution is 2.44. The molecule has 2 aliphatic rings. The number of nitrogens with one attached hydrogen (secondary N) is 1. The van der Waals surface area contributed by atoms with Gasteiger partial charge in [-0.1, -0.05) is 53.6 Å². The van der Waals surface area contributed by atoms with Gasteiger partial charge < -0.3 is 19.9 Å². The first-order valence-corrected chi connectivity index (χ1v) is 10.6. The van der Waals surface area contributed by atoms with Crippen LogP contribution in [0.15, 0.2) is 53.6 Å². The Balaban J connectivity index is 1.46. The monoisotopic (exact) mass is 436 g/mol. The zero-order chi connectivity index (χ0) is 22.7. The van der Waals surface area contributed by atoms with Crippen molar-refractivity contribution in [2.24, 2.45) is 11.0 Å². The number of aliphatic hydroxyl groups excluding tert-OH is 1. The quantitative estimate of drug-likeness (QED) is 0.309. The van der Waals surface area contributed by atoms with Crippen LogP contribution in [-0.2, 0) is 14.3 Å². The van der Waals surface area contributed by atoms with E-state index in [0.717, 1.165) is 22.3 Å². The molecule has 0 bridgehead atoms. The summed E-state index contributed by atoms with van der Waals surface area (Å²) in [6.07, 6.45) is -1.90. The number of hydrogen-bond donors (Lipinski definition) is 2. The number of hydrogen-bond acceptors (Lipinski definition) is 6. The summed E-state index contributed by atoms with van der Waals surface area (Å²) < 4.78 is 10.6. The maximum absolute atomic E-state index is 12.6. The summed E-state index contributed by atoms with van der Waals surface area (Å²) in [6.45, 7) is 1.93. The van der Waals surface area contributed by atoms with E-state index in [4.69, 9.17) is 15.0 Å². The van der Waals surface area contributed by atoms with Crippen LogP contribution in [0.2, 0.25) is 0 Å². The van der Waals surface area contributed by atoms with Gasteiger partial charge in [0.25, 0.3) is 0 Å². The van der Waals surface area contributed by atoms with Gasteiger partial charge in [-0.2, -0.15) is 0 Å². The lowest BCUT2D eigenvalue weighted by atomic mass is 9.98. The number of fused-ring (bicyclic) bond motifs is 3. The van der Waals surface area contributed by atoms with Crippen molar-refractivity contribution in [1.82, 2.24) is 5.32 Å². The first kappa shape index (κ1) is 21.7. The zero-order valence-corrected chi connectivity index (χ0v) is 17.5. The standard InChI is InChI=1S/C23H24N4O5/c1-2-31-22(29)17-11-19(26-27-24)21(28)20(17)25-23(30)32-12-18-15-9-5-3-7-13(15)14-8-4-6-10-16(14)18/h3-10,17-21,28H,2,11-12H2,1H3,(H,25,30)/t17-,19-,20-,21+/m1/s1. The molecule has 0 unspecified atom stereocenters. The van der Waals surface area contributed by atoms with Gasteiger partial charge in [0, 0.05) is 10.8 Å². The second-order valence-corrected chi connectivity index (χ2v) is 7.85. The fourth-order valence-electron chi connectivity index (χ4n) is 4.66. The molecular weight excluding hydrogens is 412 g/mol. The normalized spacial score (nSPS) is 23.6. The molecule has 0 aromatic heterocycles. The lowest BCUT2D eigenvalue weighted by Gasteiger charge is -2.23. The number of nitrogens with zero attached hydrogens (tertiary/aromatic N) is 3. The molecular formula is C23H24N4O5. The first-order chi connectivity index (χ1) is 15.5. The van der Waals surface area contributed by atoms with E-state index in [1.54, 1.807) is 6.92 Å². The highest BCUT2D eigenvalue weighted by Gasteiger charge is 2.47. The molecule has 9 heteroatoms. The number of carbonyl (C=O) groups excluding carboxylic acids is 2. The van der Waals surface area contributed by atoms with Gasteiger partial charge in [0.05, 0.1) is 30.7 Å². The number of rotatable bonds is 6. The van der Waals surface area contributed by atoms with Gasteiger partial charge in [-0.25, -0.2) is 4.79 Å². The van der Waals surface area contributed by atoms with Crippen molar-refractivity contribution in [1.29, 1.82) is 0 Å². The fourth-order valence-corrected chi connectivity index (χ4v) is 4.66. The molecule has 4 rings (SSSR count). The molecule has 1 saturated carbocycles. The van der Waals surface area contributed by atoms with Gasteiger partial charge in [-0.05, 0) is 41.1 Å². The number of aliphatic hydroxyl groups is 1. The molecule has 0 heterocycles. The number of esters is 1. The third-order valence-corrected chi connectivity index (χ3v) is 6.11. The average molecular weight is 436 g/mol. The second kappa shape index (κ2) is 9.30. The minimum atomic E-state index is -1.22. The fraction of sp³-hybridized carbons (Fsp3) is 0.391. The molecule has 166 valence electrons. The van der Waals surface area contributed by atoms with Crippen molar-refractivity contribution >= 4 is 12.1 Å². The molecule has 32 heavy (non-hydrogen) atoms. The number of azide groups is 1. The Morgan fingerprint density at radius 3 is 2.34 bits per heavy atom. The lowest BCUT2D eigenvalue weighted by Crippen LogP contribution is -2.48. The van der Waals surface area contributed by atoms with Crippen LogP contribution in [0.25, 0.3) is 21.6 Å². The molecule has 4 atom stereocenters. The summed E-state index contributed by atoms with van der Waals surface area (Å²) >= 11 is 0. The van der Waals surface area contributed by atoms with E-state index in [1.165, 1.54) is 0 Å². The summed E-state index contributed by atoms with van der Waals surface area (Å²) in [5.41, 5.74) is 13.1. The summed E-state index contributed by atoms with van der Waals surface area (Å²) in [7, 11) is 0. The second-order valence-electron chi connectivity index (χ2n) is 7.85. The Morgan fingerprint density at radius 1 is 1.12 bits per heavy atom. The molecule has 0 radical (unpaired) electrons. The maximum Gasteiger partial charge on any atom is 0.407 e. The summed E-state index contributed by atoms with van der Waals surface area (Å²) in [5, 5.41) is 16.6. The largest absolute Gasteiger partial charge is 0.466 e. The van der Waals surface area contributed by atoms with Crippen molar-refractivity contribution in [2.45, 2.75) is 37.5 Å². The van der Waals surface area contributed by atoms with Crippen molar-refractivity contribution in [3.05, 3.63) is 70.1 Å². The third kappa shape index (κ3) is 4.00. The zero-order valence-electron chi connectivity index (χ0n) is 17.5. The predicted molar refractivity (Wildman–Crippen MR) is 116 cm³/mol. The molecule has 0 saturated heterocycles. The highest BCUT2D eigenvalue weighted by molar-refractivity contribution is 5.79. The molecule has 2 N–H and O–H groups in total. The topological polar surface area (TPSA) is 134 Å².